The maximum atomic E-state index is 3.45. The number of benzene rings is 1. The van der Waals surface area contributed by atoms with Crippen molar-refractivity contribution in [3.8, 4) is 0 Å². The molecule has 0 saturated heterocycles. The van der Waals surface area contributed by atoms with Crippen LogP contribution >= 0.6 is 15.9 Å². The standard InChI is InChI=1S/C8H9Br.C2H6/c1-6-3-4-7(2)8(9)5-6;1-2/h3-5H,1-2H3;1-2H3. The molecule has 1 heteroatoms. The number of aryl methyl sites for hydroxylation is 2. The summed E-state index contributed by atoms with van der Waals surface area (Å²) < 4.78 is 1.20. The zero-order chi connectivity index (χ0) is 8.85. The Morgan fingerprint density at radius 1 is 1.09 bits per heavy atom. The molecular weight excluding hydrogens is 200 g/mol. The largest absolute Gasteiger partial charge is 0.0683 e. The van der Waals surface area contributed by atoms with Crippen LogP contribution in [0.5, 0.6) is 0 Å². The molecule has 0 aliphatic rings. The summed E-state index contributed by atoms with van der Waals surface area (Å²) in [5.41, 5.74) is 2.59. The number of halogens is 1. The van der Waals surface area contributed by atoms with Gasteiger partial charge in [0.15, 0.2) is 0 Å². The third-order valence-electron chi connectivity index (χ3n) is 1.33. The van der Waals surface area contributed by atoms with Crippen LogP contribution in [0.1, 0.15) is 25.0 Å². The van der Waals surface area contributed by atoms with Gasteiger partial charge < -0.3 is 0 Å². The molecule has 0 nitrogen and oxygen atoms in total. The average molecular weight is 215 g/mol. The van der Waals surface area contributed by atoms with Crippen molar-refractivity contribution in [3.05, 3.63) is 33.8 Å². The minimum atomic E-state index is 1.20. The number of rotatable bonds is 0. The first kappa shape index (κ1) is 10.7. The Morgan fingerprint density at radius 2 is 1.64 bits per heavy atom. The average Bonchev–Trinajstić information content (AvgIpc) is 2.02. The normalized spacial score (nSPS) is 8.45. The fourth-order valence-corrected chi connectivity index (χ4v) is 1.19. The van der Waals surface area contributed by atoms with Gasteiger partial charge in [-0.15, -0.1) is 0 Å². The first-order chi connectivity index (χ1) is 5.20. The van der Waals surface area contributed by atoms with Crippen molar-refractivity contribution >= 4 is 15.9 Å². The smallest absolute Gasteiger partial charge is 0.0207 e. The molecule has 0 fully saturated rings. The maximum Gasteiger partial charge on any atom is 0.0207 e. The second-order valence-corrected chi connectivity index (χ2v) is 3.11. The molecule has 0 saturated carbocycles. The van der Waals surface area contributed by atoms with Crippen LogP contribution in [0.4, 0.5) is 0 Å². The Kier molecular flexibility index (Phi) is 5.22. The second-order valence-electron chi connectivity index (χ2n) is 2.25. The first-order valence-electron chi connectivity index (χ1n) is 3.93. The summed E-state index contributed by atoms with van der Waals surface area (Å²) in [6.45, 7) is 8.17. The van der Waals surface area contributed by atoms with E-state index in [0.29, 0.717) is 0 Å². The molecule has 0 aromatic heterocycles. The molecule has 62 valence electrons. The highest BCUT2D eigenvalue weighted by molar-refractivity contribution is 9.10. The van der Waals surface area contributed by atoms with Gasteiger partial charge in [-0.2, -0.15) is 0 Å². The summed E-state index contributed by atoms with van der Waals surface area (Å²) in [4.78, 5) is 0. The Morgan fingerprint density at radius 3 is 2.00 bits per heavy atom. The lowest BCUT2D eigenvalue weighted by molar-refractivity contribution is 1.37. The van der Waals surface area contributed by atoms with E-state index in [0.717, 1.165) is 0 Å². The molecule has 0 aliphatic carbocycles. The van der Waals surface area contributed by atoms with E-state index in [1.54, 1.807) is 0 Å². The fraction of sp³-hybridized carbons (Fsp3) is 0.400. The van der Waals surface area contributed by atoms with Gasteiger partial charge in [0.1, 0.15) is 0 Å². The maximum absolute atomic E-state index is 3.45. The van der Waals surface area contributed by atoms with E-state index >= 15 is 0 Å². The van der Waals surface area contributed by atoms with Crippen molar-refractivity contribution < 1.29 is 0 Å². The highest BCUT2D eigenvalue weighted by Gasteiger charge is 1.90. The Bertz CT molecular complexity index is 216. The van der Waals surface area contributed by atoms with E-state index in [1.165, 1.54) is 15.6 Å². The monoisotopic (exact) mass is 214 g/mol. The lowest BCUT2D eigenvalue weighted by Gasteiger charge is -1.96. The predicted molar refractivity (Wildman–Crippen MR) is 55.0 cm³/mol. The van der Waals surface area contributed by atoms with Gasteiger partial charge in [0.2, 0.25) is 0 Å². The van der Waals surface area contributed by atoms with Crippen LogP contribution in [-0.4, -0.2) is 0 Å². The van der Waals surface area contributed by atoms with Gasteiger partial charge >= 0.3 is 0 Å². The van der Waals surface area contributed by atoms with Gasteiger partial charge in [-0.05, 0) is 31.0 Å². The number of hydrogen-bond donors (Lipinski definition) is 0. The van der Waals surface area contributed by atoms with E-state index in [4.69, 9.17) is 0 Å². The molecule has 0 amide bonds. The second kappa shape index (κ2) is 5.36. The summed E-state index contributed by atoms with van der Waals surface area (Å²) in [7, 11) is 0. The summed E-state index contributed by atoms with van der Waals surface area (Å²) in [5, 5.41) is 0. The van der Waals surface area contributed by atoms with Gasteiger partial charge in [-0.25, -0.2) is 0 Å². The van der Waals surface area contributed by atoms with E-state index in [2.05, 4.69) is 48.0 Å². The van der Waals surface area contributed by atoms with E-state index in [-0.39, 0.29) is 0 Å². The van der Waals surface area contributed by atoms with Crippen molar-refractivity contribution in [2.45, 2.75) is 27.7 Å². The Balaban J connectivity index is 0.000000461. The minimum absolute atomic E-state index is 1.20. The van der Waals surface area contributed by atoms with Crippen LogP contribution in [0.15, 0.2) is 22.7 Å². The van der Waals surface area contributed by atoms with Crippen LogP contribution in [0.3, 0.4) is 0 Å². The zero-order valence-corrected chi connectivity index (χ0v) is 9.20. The molecule has 1 aromatic rings. The minimum Gasteiger partial charge on any atom is -0.0683 e. The summed E-state index contributed by atoms with van der Waals surface area (Å²) in [6, 6.07) is 6.34. The molecule has 0 spiro atoms. The van der Waals surface area contributed by atoms with Gasteiger partial charge in [0, 0.05) is 4.47 Å². The van der Waals surface area contributed by atoms with E-state index in [1.807, 2.05) is 13.8 Å². The van der Waals surface area contributed by atoms with Crippen LogP contribution in [0.25, 0.3) is 0 Å². The fourth-order valence-electron chi connectivity index (χ4n) is 0.698. The molecule has 0 heterocycles. The summed E-state index contributed by atoms with van der Waals surface area (Å²) in [5.74, 6) is 0. The van der Waals surface area contributed by atoms with E-state index < -0.39 is 0 Å². The Hall–Kier alpha value is -0.300. The molecule has 0 atom stereocenters. The lowest BCUT2D eigenvalue weighted by atomic mass is 10.2. The van der Waals surface area contributed by atoms with Gasteiger partial charge in [-0.1, -0.05) is 41.9 Å². The zero-order valence-electron chi connectivity index (χ0n) is 7.61. The van der Waals surface area contributed by atoms with Crippen molar-refractivity contribution in [1.29, 1.82) is 0 Å². The van der Waals surface area contributed by atoms with Gasteiger partial charge in [0.25, 0.3) is 0 Å². The lowest BCUT2D eigenvalue weighted by Crippen LogP contribution is -1.75. The number of hydrogen-bond acceptors (Lipinski definition) is 0. The van der Waals surface area contributed by atoms with Crippen molar-refractivity contribution in [2.24, 2.45) is 0 Å². The third kappa shape index (κ3) is 3.57. The third-order valence-corrected chi connectivity index (χ3v) is 2.18. The first-order valence-corrected chi connectivity index (χ1v) is 4.72. The topological polar surface area (TPSA) is 0 Å². The van der Waals surface area contributed by atoms with Crippen molar-refractivity contribution in [2.75, 3.05) is 0 Å². The van der Waals surface area contributed by atoms with Gasteiger partial charge in [-0.3, -0.25) is 0 Å². The molecule has 0 N–H and O–H groups in total. The summed E-state index contributed by atoms with van der Waals surface area (Å²) in [6.07, 6.45) is 0. The molecular formula is C10H15Br. The van der Waals surface area contributed by atoms with Crippen molar-refractivity contribution in [1.82, 2.24) is 0 Å². The molecule has 1 rings (SSSR count). The highest BCUT2D eigenvalue weighted by Crippen LogP contribution is 2.16. The molecule has 11 heavy (non-hydrogen) atoms. The molecule has 0 unspecified atom stereocenters. The van der Waals surface area contributed by atoms with Crippen LogP contribution in [0, 0.1) is 13.8 Å². The van der Waals surface area contributed by atoms with Crippen LogP contribution in [-0.2, 0) is 0 Å². The van der Waals surface area contributed by atoms with Gasteiger partial charge in [0.05, 0.1) is 0 Å². The molecule has 0 bridgehead atoms. The van der Waals surface area contributed by atoms with Crippen LogP contribution < -0.4 is 0 Å². The SMILES string of the molecule is CC.Cc1ccc(C)c(Br)c1. The molecule has 0 radical (unpaired) electrons. The Labute approximate surface area is 77.8 Å². The van der Waals surface area contributed by atoms with Crippen LogP contribution in [0.2, 0.25) is 0 Å². The van der Waals surface area contributed by atoms with E-state index in [9.17, 15) is 0 Å². The predicted octanol–water partition coefficient (Wildman–Crippen LogP) is 4.09. The van der Waals surface area contributed by atoms with Crippen molar-refractivity contribution in [3.63, 3.8) is 0 Å². The highest BCUT2D eigenvalue weighted by atomic mass is 79.9. The molecule has 0 aliphatic heterocycles. The summed E-state index contributed by atoms with van der Waals surface area (Å²) >= 11 is 3.45. The molecule has 1 aromatic carbocycles. The quantitative estimate of drug-likeness (QED) is 0.611.